The summed E-state index contributed by atoms with van der Waals surface area (Å²) >= 11 is 0. The molecule has 2 heteroatoms. The molecule has 0 saturated heterocycles. The zero-order valence-electron chi connectivity index (χ0n) is 12.7. The number of nitrogens with one attached hydrogen (secondary N) is 1. The first-order chi connectivity index (χ1) is 9.72. The van der Waals surface area contributed by atoms with E-state index >= 15 is 0 Å². The van der Waals surface area contributed by atoms with Gasteiger partial charge in [-0.25, -0.2) is 0 Å². The Balaban J connectivity index is 2.16. The zero-order valence-corrected chi connectivity index (χ0v) is 12.7. The normalized spacial score (nSPS) is 12.3. The fourth-order valence-corrected chi connectivity index (χ4v) is 2.42. The molecule has 1 unspecified atom stereocenters. The molecule has 1 atom stereocenters. The molecule has 0 bridgehead atoms. The number of rotatable bonds is 6. The SMILES string of the molecule is CCNC(Cc1ccc(CC)cc1)c1cc(C)ccn1. The average Bonchev–Trinajstić information content (AvgIpc) is 2.47. The molecule has 0 saturated carbocycles. The van der Waals surface area contributed by atoms with Crippen molar-refractivity contribution in [3.63, 3.8) is 0 Å². The van der Waals surface area contributed by atoms with Crippen molar-refractivity contribution in [1.82, 2.24) is 10.3 Å². The molecule has 2 aromatic rings. The molecule has 0 fully saturated rings. The lowest BCUT2D eigenvalue weighted by molar-refractivity contribution is 0.536. The van der Waals surface area contributed by atoms with Gasteiger partial charge in [-0.3, -0.25) is 4.98 Å². The number of aryl methyl sites for hydroxylation is 2. The van der Waals surface area contributed by atoms with Crippen LogP contribution in [0.15, 0.2) is 42.6 Å². The second-order valence-corrected chi connectivity index (χ2v) is 5.24. The van der Waals surface area contributed by atoms with E-state index in [1.165, 1.54) is 16.7 Å². The van der Waals surface area contributed by atoms with Crippen molar-refractivity contribution in [1.29, 1.82) is 0 Å². The molecule has 0 spiro atoms. The van der Waals surface area contributed by atoms with Crippen molar-refractivity contribution >= 4 is 0 Å². The van der Waals surface area contributed by atoms with E-state index in [1.54, 1.807) is 0 Å². The lowest BCUT2D eigenvalue weighted by Gasteiger charge is -2.18. The Kier molecular flexibility index (Phi) is 5.31. The van der Waals surface area contributed by atoms with Crippen LogP contribution in [-0.2, 0) is 12.8 Å². The molecule has 20 heavy (non-hydrogen) atoms. The van der Waals surface area contributed by atoms with Crippen LogP contribution in [0.2, 0.25) is 0 Å². The smallest absolute Gasteiger partial charge is 0.0579 e. The van der Waals surface area contributed by atoms with Crippen molar-refractivity contribution in [2.24, 2.45) is 0 Å². The van der Waals surface area contributed by atoms with Crippen LogP contribution in [-0.4, -0.2) is 11.5 Å². The monoisotopic (exact) mass is 268 g/mol. The van der Waals surface area contributed by atoms with E-state index in [0.717, 1.165) is 25.1 Å². The van der Waals surface area contributed by atoms with Crippen LogP contribution in [0.4, 0.5) is 0 Å². The predicted octanol–water partition coefficient (Wildman–Crippen LogP) is 3.85. The van der Waals surface area contributed by atoms with Gasteiger partial charge in [-0.1, -0.05) is 38.1 Å². The largest absolute Gasteiger partial charge is 0.309 e. The summed E-state index contributed by atoms with van der Waals surface area (Å²) in [5.74, 6) is 0. The molecule has 0 aliphatic heterocycles. The summed E-state index contributed by atoms with van der Waals surface area (Å²) in [4.78, 5) is 4.53. The third-order valence-corrected chi connectivity index (χ3v) is 3.62. The number of likely N-dealkylation sites (N-methyl/N-ethyl adjacent to an activating group) is 1. The quantitative estimate of drug-likeness (QED) is 0.861. The van der Waals surface area contributed by atoms with Crippen LogP contribution in [0, 0.1) is 6.92 Å². The Hall–Kier alpha value is -1.67. The minimum absolute atomic E-state index is 0.285. The number of pyridine rings is 1. The molecule has 1 N–H and O–H groups in total. The fraction of sp³-hybridized carbons (Fsp3) is 0.389. The van der Waals surface area contributed by atoms with Crippen LogP contribution >= 0.6 is 0 Å². The second kappa shape index (κ2) is 7.20. The highest BCUT2D eigenvalue weighted by Gasteiger charge is 2.12. The summed E-state index contributed by atoms with van der Waals surface area (Å²) in [6.45, 7) is 7.40. The van der Waals surface area contributed by atoms with E-state index in [4.69, 9.17) is 0 Å². The summed E-state index contributed by atoms with van der Waals surface area (Å²) < 4.78 is 0. The van der Waals surface area contributed by atoms with Crippen LogP contribution in [0.5, 0.6) is 0 Å². The van der Waals surface area contributed by atoms with Gasteiger partial charge in [-0.2, -0.15) is 0 Å². The first kappa shape index (κ1) is 14.7. The Morgan fingerprint density at radius 3 is 2.35 bits per heavy atom. The first-order valence-electron chi connectivity index (χ1n) is 7.46. The van der Waals surface area contributed by atoms with Gasteiger partial charge in [0.2, 0.25) is 0 Å². The lowest BCUT2D eigenvalue weighted by atomic mass is 10.0. The van der Waals surface area contributed by atoms with E-state index in [2.05, 4.69) is 61.4 Å². The number of hydrogen-bond acceptors (Lipinski definition) is 2. The first-order valence-corrected chi connectivity index (χ1v) is 7.46. The molecule has 1 aromatic heterocycles. The second-order valence-electron chi connectivity index (χ2n) is 5.24. The van der Waals surface area contributed by atoms with Crippen molar-refractivity contribution in [2.75, 3.05) is 6.54 Å². The van der Waals surface area contributed by atoms with E-state index in [9.17, 15) is 0 Å². The maximum atomic E-state index is 4.53. The van der Waals surface area contributed by atoms with Gasteiger partial charge in [0.1, 0.15) is 0 Å². The number of hydrogen-bond donors (Lipinski definition) is 1. The molecule has 1 heterocycles. The van der Waals surface area contributed by atoms with Crippen molar-refractivity contribution < 1.29 is 0 Å². The fourth-order valence-electron chi connectivity index (χ4n) is 2.42. The van der Waals surface area contributed by atoms with Gasteiger partial charge < -0.3 is 5.32 Å². The van der Waals surface area contributed by atoms with Gasteiger partial charge in [-0.05, 0) is 55.1 Å². The number of aromatic nitrogens is 1. The molecule has 0 amide bonds. The van der Waals surface area contributed by atoms with Gasteiger partial charge in [0, 0.05) is 6.20 Å². The third kappa shape index (κ3) is 3.91. The Labute approximate surface area is 122 Å². The Morgan fingerprint density at radius 1 is 1.05 bits per heavy atom. The zero-order chi connectivity index (χ0) is 14.4. The van der Waals surface area contributed by atoms with Crippen LogP contribution < -0.4 is 5.32 Å². The highest BCUT2D eigenvalue weighted by Crippen LogP contribution is 2.18. The molecule has 0 aliphatic rings. The minimum atomic E-state index is 0.285. The molecule has 2 nitrogen and oxygen atoms in total. The highest BCUT2D eigenvalue weighted by atomic mass is 14.9. The third-order valence-electron chi connectivity index (χ3n) is 3.62. The van der Waals surface area contributed by atoms with E-state index < -0.39 is 0 Å². The van der Waals surface area contributed by atoms with E-state index in [1.807, 2.05) is 12.3 Å². The maximum Gasteiger partial charge on any atom is 0.0579 e. The topological polar surface area (TPSA) is 24.9 Å². The molecular formula is C18H24N2. The van der Waals surface area contributed by atoms with Crippen molar-refractivity contribution in [3.8, 4) is 0 Å². The Morgan fingerprint density at radius 2 is 1.75 bits per heavy atom. The highest BCUT2D eigenvalue weighted by molar-refractivity contribution is 5.25. The lowest BCUT2D eigenvalue weighted by Crippen LogP contribution is -2.24. The van der Waals surface area contributed by atoms with Gasteiger partial charge >= 0.3 is 0 Å². The predicted molar refractivity (Wildman–Crippen MR) is 84.9 cm³/mol. The van der Waals surface area contributed by atoms with Gasteiger partial charge in [0.25, 0.3) is 0 Å². The van der Waals surface area contributed by atoms with E-state index in [-0.39, 0.29) is 6.04 Å². The summed E-state index contributed by atoms with van der Waals surface area (Å²) in [5.41, 5.74) is 5.14. The molecular weight excluding hydrogens is 244 g/mol. The summed E-state index contributed by atoms with van der Waals surface area (Å²) in [5, 5.41) is 3.54. The Bertz CT molecular complexity index is 531. The van der Waals surface area contributed by atoms with Gasteiger partial charge in [0.15, 0.2) is 0 Å². The van der Waals surface area contributed by atoms with Crippen LogP contribution in [0.25, 0.3) is 0 Å². The summed E-state index contributed by atoms with van der Waals surface area (Å²) in [6.07, 6.45) is 3.97. The van der Waals surface area contributed by atoms with Crippen LogP contribution in [0.3, 0.4) is 0 Å². The maximum absolute atomic E-state index is 4.53. The molecule has 2 rings (SSSR count). The van der Waals surface area contributed by atoms with Crippen molar-refractivity contribution in [2.45, 2.75) is 39.7 Å². The van der Waals surface area contributed by atoms with Gasteiger partial charge in [-0.15, -0.1) is 0 Å². The van der Waals surface area contributed by atoms with Gasteiger partial charge in [0.05, 0.1) is 11.7 Å². The molecule has 106 valence electrons. The molecule has 1 aromatic carbocycles. The molecule has 0 aliphatic carbocycles. The average molecular weight is 268 g/mol. The standard InChI is InChI=1S/C18H24N2/c1-4-15-6-8-16(9-7-15)13-18(19-5-2)17-12-14(3)10-11-20-17/h6-12,18-19H,4-5,13H2,1-3H3. The number of nitrogens with zero attached hydrogens (tertiary/aromatic N) is 1. The summed E-state index contributed by atoms with van der Waals surface area (Å²) in [7, 11) is 0. The minimum Gasteiger partial charge on any atom is -0.309 e. The summed E-state index contributed by atoms with van der Waals surface area (Å²) in [6, 6.07) is 13.4. The van der Waals surface area contributed by atoms with Crippen molar-refractivity contribution in [3.05, 3.63) is 65.0 Å². The van der Waals surface area contributed by atoms with Crippen LogP contribution in [0.1, 0.15) is 42.3 Å². The van der Waals surface area contributed by atoms with E-state index in [0.29, 0.717) is 0 Å². The molecule has 0 radical (unpaired) electrons. The number of benzene rings is 1.